The quantitative estimate of drug-likeness (QED) is 0.364. The molecule has 0 unspecified atom stereocenters. The summed E-state index contributed by atoms with van der Waals surface area (Å²) in [6, 6.07) is 8.56. The maximum atomic E-state index is 9.54. The fraction of sp³-hybridized carbons (Fsp3) is 0.464. The molecule has 0 saturated heterocycles. The molecule has 1 aliphatic rings. The van der Waals surface area contributed by atoms with Crippen molar-refractivity contribution in [2.75, 3.05) is 26.5 Å². The molecule has 0 bridgehead atoms. The highest BCUT2D eigenvalue weighted by Gasteiger charge is 2.28. The van der Waals surface area contributed by atoms with Crippen LogP contribution in [-0.4, -0.2) is 61.7 Å². The summed E-state index contributed by atoms with van der Waals surface area (Å²) in [4.78, 5) is 11.2. The molecular formula is C28H35N9O. The van der Waals surface area contributed by atoms with Crippen molar-refractivity contribution >= 4 is 16.7 Å². The SMILES string of the molecule is CNc1cc2c(cn1)c(-c1cnn(C(C)(C)C#N)c1)nn2[C@H]1CC[C@@H](Oc2cccnc2CN(C)C)CC1. The standard InChI is InChI=1S/C28H35N9O/c1-28(2,18-29)36-16-19(14-33-36)27-22-15-32-26(30-3)13-24(22)37(34-27)20-8-10-21(11-9-20)38-25-7-6-12-31-23(25)17-35(4)5/h6-7,12-16,20-21H,8-11,17H2,1-5H3,(H,30,32)/t20-,21+. The summed E-state index contributed by atoms with van der Waals surface area (Å²) in [7, 11) is 5.95. The molecule has 0 spiro atoms. The van der Waals surface area contributed by atoms with E-state index in [1.165, 1.54) is 0 Å². The maximum Gasteiger partial charge on any atom is 0.143 e. The highest BCUT2D eigenvalue weighted by atomic mass is 16.5. The fourth-order valence-corrected chi connectivity index (χ4v) is 5.00. The number of anilines is 1. The minimum atomic E-state index is -0.743. The zero-order valence-electron chi connectivity index (χ0n) is 22.7. The number of pyridine rings is 2. The third-order valence-electron chi connectivity index (χ3n) is 7.15. The van der Waals surface area contributed by atoms with E-state index in [4.69, 9.17) is 9.84 Å². The van der Waals surface area contributed by atoms with E-state index < -0.39 is 5.54 Å². The number of nitriles is 1. The molecule has 4 aromatic heterocycles. The van der Waals surface area contributed by atoms with Crippen LogP contribution in [0.1, 0.15) is 51.3 Å². The molecule has 10 nitrogen and oxygen atoms in total. The molecule has 5 rings (SSSR count). The van der Waals surface area contributed by atoms with Gasteiger partial charge in [0.2, 0.25) is 0 Å². The van der Waals surface area contributed by atoms with E-state index in [9.17, 15) is 5.26 Å². The van der Waals surface area contributed by atoms with Gasteiger partial charge in [-0.3, -0.25) is 14.3 Å². The van der Waals surface area contributed by atoms with Crippen molar-refractivity contribution in [3.63, 3.8) is 0 Å². The maximum absolute atomic E-state index is 9.54. The summed E-state index contributed by atoms with van der Waals surface area (Å²) in [5.41, 5.74) is 2.97. The van der Waals surface area contributed by atoms with E-state index in [2.05, 4.69) is 42.1 Å². The van der Waals surface area contributed by atoms with Crippen molar-refractivity contribution in [1.29, 1.82) is 5.26 Å². The van der Waals surface area contributed by atoms with Gasteiger partial charge in [-0.25, -0.2) is 4.98 Å². The number of aromatic nitrogens is 6. The van der Waals surface area contributed by atoms with Crippen LogP contribution in [-0.2, 0) is 12.1 Å². The Morgan fingerprint density at radius 2 is 1.97 bits per heavy atom. The first kappa shape index (κ1) is 25.7. The summed E-state index contributed by atoms with van der Waals surface area (Å²) >= 11 is 0. The molecule has 10 heteroatoms. The van der Waals surface area contributed by atoms with Gasteiger partial charge in [0.1, 0.15) is 22.8 Å². The predicted octanol–water partition coefficient (Wildman–Crippen LogP) is 4.61. The Morgan fingerprint density at radius 1 is 1.18 bits per heavy atom. The molecular weight excluding hydrogens is 478 g/mol. The third-order valence-corrected chi connectivity index (χ3v) is 7.15. The van der Waals surface area contributed by atoms with Crippen molar-refractivity contribution in [2.24, 2.45) is 0 Å². The molecule has 1 N–H and O–H groups in total. The van der Waals surface area contributed by atoms with Crippen molar-refractivity contribution in [2.45, 2.75) is 63.8 Å². The van der Waals surface area contributed by atoms with Crippen molar-refractivity contribution in [3.8, 4) is 23.1 Å². The summed E-state index contributed by atoms with van der Waals surface area (Å²) in [6.07, 6.45) is 11.3. The summed E-state index contributed by atoms with van der Waals surface area (Å²) in [5.74, 6) is 1.67. The predicted molar refractivity (Wildman–Crippen MR) is 147 cm³/mol. The highest BCUT2D eigenvalue weighted by molar-refractivity contribution is 5.93. The smallest absolute Gasteiger partial charge is 0.143 e. The van der Waals surface area contributed by atoms with Crippen LogP contribution >= 0.6 is 0 Å². The van der Waals surface area contributed by atoms with Crippen LogP contribution < -0.4 is 10.1 Å². The monoisotopic (exact) mass is 513 g/mol. The number of ether oxygens (including phenoxy) is 1. The number of hydrogen-bond acceptors (Lipinski definition) is 8. The van der Waals surface area contributed by atoms with Crippen LogP contribution in [0, 0.1) is 11.3 Å². The van der Waals surface area contributed by atoms with Crippen LogP contribution in [0.15, 0.2) is 43.0 Å². The van der Waals surface area contributed by atoms with Crippen LogP contribution in [0.4, 0.5) is 5.82 Å². The lowest BCUT2D eigenvalue weighted by molar-refractivity contribution is 0.128. The van der Waals surface area contributed by atoms with Gasteiger partial charge in [0.25, 0.3) is 0 Å². The van der Waals surface area contributed by atoms with E-state index in [1.54, 1.807) is 10.9 Å². The van der Waals surface area contributed by atoms with Gasteiger partial charge < -0.3 is 15.0 Å². The van der Waals surface area contributed by atoms with E-state index in [0.29, 0.717) is 0 Å². The lowest BCUT2D eigenvalue weighted by Gasteiger charge is -2.30. The molecule has 1 saturated carbocycles. The minimum absolute atomic E-state index is 0.152. The zero-order valence-corrected chi connectivity index (χ0v) is 22.7. The Labute approximate surface area is 223 Å². The Bertz CT molecular complexity index is 1450. The summed E-state index contributed by atoms with van der Waals surface area (Å²) < 4.78 is 10.3. The molecule has 4 heterocycles. The van der Waals surface area contributed by atoms with Gasteiger partial charge in [-0.15, -0.1) is 0 Å². The third kappa shape index (κ3) is 5.07. The second kappa shape index (κ2) is 10.4. The van der Waals surface area contributed by atoms with E-state index in [-0.39, 0.29) is 12.1 Å². The number of nitrogens with one attached hydrogen (secondary N) is 1. The summed E-state index contributed by atoms with van der Waals surface area (Å²) in [5, 5.41) is 23.2. The molecule has 0 amide bonds. The lowest BCUT2D eigenvalue weighted by Crippen LogP contribution is -2.27. The number of hydrogen-bond donors (Lipinski definition) is 1. The van der Waals surface area contributed by atoms with Gasteiger partial charge in [-0.05, 0) is 65.8 Å². The van der Waals surface area contributed by atoms with Gasteiger partial charge in [0, 0.05) is 49.2 Å². The molecule has 4 aromatic rings. The van der Waals surface area contributed by atoms with Crippen molar-refractivity contribution in [1.82, 2.24) is 34.4 Å². The molecule has 0 aliphatic heterocycles. The second-order valence-electron chi connectivity index (χ2n) is 10.7. The first-order valence-corrected chi connectivity index (χ1v) is 13.1. The molecule has 198 valence electrons. The van der Waals surface area contributed by atoms with Gasteiger partial charge in [-0.2, -0.15) is 15.5 Å². The van der Waals surface area contributed by atoms with Crippen LogP contribution in [0.3, 0.4) is 0 Å². The van der Waals surface area contributed by atoms with Crippen LogP contribution in [0.5, 0.6) is 5.75 Å². The van der Waals surface area contributed by atoms with Crippen LogP contribution in [0.25, 0.3) is 22.2 Å². The Balaban J connectivity index is 1.40. The second-order valence-corrected chi connectivity index (χ2v) is 10.7. The number of fused-ring (bicyclic) bond motifs is 1. The number of nitrogens with zero attached hydrogens (tertiary/aromatic N) is 8. The number of rotatable bonds is 8. The molecule has 0 aromatic carbocycles. The fourth-order valence-electron chi connectivity index (χ4n) is 5.00. The van der Waals surface area contributed by atoms with Gasteiger partial charge in [-0.1, -0.05) is 0 Å². The first-order valence-electron chi connectivity index (χ1n) is 13.1. The van der Waals surface area contributed by atoms with E-state index >= 15 is 0 Å². The Kier molecular flexibility index (Phi) is 7.04. The largest absolute Gasteiger partial charge is 0.488 e. The lowest BCUT2D eigenvalue weighted by atomic mass is 9.93. The zero-order chi connectivity index (χ0) is 26.9. The van der Waals surface area contributed by atoms with Gasteiger partial charge in [0.05, 0.1) is 35.6 Å². The summed E-state index contributed by atoms with van der Waals surface area (Å²) in [6.45, 7) is 4.44. The highest BCUT2D eigenvalue weighted by Crippen LogP contribution is 2.37. The van der Waals surface area contributed by atoms with Crippen LogP contribution in [0.2, 0.25) is 0 Å². The normalized spacial score (nSPS) is 18.0. The van der Waals surface area contributed by atoms with Crippen molar-refractivity contribution in [3.05, 3.63) is 48.7 Å². The average molecular weight is 514 g/mol. The molecule has 0 radical (unpaired) electrons. The van der Waals surface area contributed by atoms with E-state index in [1.807, 2.05) is 65.7 Å². The van der Waals surface area contributed by atoms with Crippen molar-refractivity contribution < 1.29 is 4.74 Å². The average Bonchev–Trinajstić information content (AvgIpc) is 3.55. The van der Waals surface area contributed by atoms with E-state index in [0.717, 1.165) is 71.6 Å². The Morgan fingerprint density at radius 3 is 2.68 bits per heavy atom. The first-order chi connectivity index (χ1) is 18.3. The molecule has 1 aliphatic carbocycles. The van der Waals surface area contributed by atoms with Gasteiger partial charge >= 0.3 is 0 Å². The minimum Gasteiger partial charge on any atom is -0.488 e. The molecule has 1 fully saturated rings. The molecule has 38 heavy (non-hydrogen) atoms. The topological polar surface area (TPSA) is 110 Å². The van der Waals surface area contributed by atoms with Gasteiger partial charge in [0.15, 0.2) is 0 Å². The Hall–Kier alpha value is -3.97. The molecule has 0 atom stereocenters.